The van der Waals surface area contributed by atoms with Crippen molar-refractivity contribution >= 4 is 0 Å². The Morgan fingerprint density at radius 2 is 1.38 bits per heavy atom. The first-order valence-electron chi connectivity index (χ1n) is 2.05. The summed E-state index contributed by atoms with van der Waals surface area (Å²) in [6, 6.07) is 0. The number of allylic oxidation sites excluding steroid dienone is 1. The molecule has 0 N–H and O–H groups in total. The maximum Gasteiger partial charge on any atom is 0.386 e. The van der Waals surface area contributed by atoms with Crippen LogP contribution in [0.2, 0.25) is 0 Å². The zero-order valence-corrected chi connectivity index (χ0v) is 4.92. The zero-order valence-electron chi connectivity index (χ0n) is 4.92. The van der Waals surface area contributed by atoms with E-state index in [4.69, 9.17) is 0 Å². The zero-order chi connectivity index (χ0) is 7.21. The van der Waals surface area contributed by atoms with Crippen LogP contribution in [0.25, 0.3) is 0 Å². The highest BCUT2D eigenvalue weighted by Crippen LogP contribution is 2.10. The van der Waals surface area contributed by atoms with Crippen molar-refractivity contribution < 1.29 is 13.2 Å². The van der Waals surface area contributed by atoms with E-state index in [0.29, 0.717) is 0 Å². The fraction of sp³-hybridized carbons (Fsp3) is 0.600. The van der Waals surface area contributed by atoms with Gasteiger partial charge in [0.1, 0.15) is 0 Å². The lowest BCUT2D eigenvalue weighted by Crippen LogP contribution is -1.95. The van der Waals surface area contributed by atoms with Crippen LogP contribution in [-0.2, 0) is 0 Å². The molecule has 0 radical (unpaired) electrons. The second kappa shape index (κ2) is 4.68. The summed E-state index contributed by atoms with van der Waals surface area (Å²) in [6.07, 6.45) is -2.25. The molecule has 0 bridgehead atoms. The highest BCUT2D eigenvalue weighted by atomic mass is 19.4. The van der Waals surface area contributed by atoms with E-state index in [1.54, 1.807) is 6.08 Å². The van der Waals surface area contributed by atoms with Crippen LogP contribution in [0.3, 0.4) is 0 Å². The molecule has 0 nitrogen and oxygen atoms in total. The van der Waals surface area contributed by atoms with Gasteiger partial charge in [-0.25, -0.2) is 0 Å². The molecular weight excluding hydrogens is 117 g/mol. The van der Waals surface area contributed by atoms with Crippen LogP contribution in [0.1, 0.15) is 13.8 Å². The van der Waals surface area contributed by atoms with Gasteiger partial charge in [-0.3, -0.25) is 0 Å². The van der Waals surface area contributed by atoms with E-state index in [2.05, 4.69) is 6.58 Å². The molecule has 0 aromatic rings. The van der Waals surface area contributed by atoms with E-state index in [1.807, 2.05) is 6.92 Å². The van der Waals surface area contributed by atoms with Gasteiger partial charge in [0.25, 0.3) is 0 Å². The third-order valence-corrected chi connectivity index (χ3v) is 0. The largest absolute Gasteiger partial charge is 0.386 e. The molecule has 0 aromatic carbocycles. The van der Waals surface area contributed by atoms with Crippen molar-refractivity contribution in [2.24, 2.45) is 0 Å². The topological polar surface area (TPSA) is 0 Å². The lowest BCUT2D eigenvalue weighted by Gasteiger charge is -1.88. The lowest BCUT2D eigenvalue weighted by molar-refractivity contribution is -0.110. The average Bonchev–Trinajstić information content (AvgIpc) is 1.27. The normalized spacial score (nSPS) is 9.12. The van der Waals surface area contributed by atoms with Crippen LogP contribution in [-0.4, -0.2) is 6.18 Å². The maximum absolute atomic E-state index is 10.4. The van der Waals surface area contributed by atoms with Crippen LogP contribution in [0.5, 0.6) is 0 Å². The quantitative estimate of drug-likeness (QED) is 0.438. The summed E-state index contributed by atoms with van der Waals surface area (Å²) in [6.45, 7) is 5.44. The first kappa shape index (κ1) is 10.5. The first-order chi connectivity index (χ1) is 3.41. The van der Waals surface area contributed by atoms with Crippen molar-refractivity contribution in [3.8, 4) is 0 Å². The van der Waals surface area contributed by atoms with Gasteiger partial charge in [-0.1, -0.05) is 6.08 Å². The van der Waals surface area contributed by atoms with Crippen LogP contribution in [0.15, 0.2) is 12.7 Å². The minimum atomic E-state index is -4.00. The second-order valence-electron chi connectivity index (χ2n) is 1.19. The molecule has 50 valence electrons. The molecule has 0 aliphatic carbocycles. The minimum absolute atomic E-state index is 0.188. The standard InChI is InChI=1S/C3H6.C2H3F3/c1-3-2;1-2(3,4)5/h3H,1H2,2H3;1H3. The molecule has 0 spiro atoms. The van der Waals surface area contributed by atoms with Gasteiger partial charge in [0, 0.05) is 6.92 Å². The van der Waals surface area contributed by atoms with E-state index in [1.165, 1.54) is 0 Å². The molecule has 0 aliphatic heterocycles. The summed E-state index contributed by atoms with van der Waals surface area (Å²) >= 11 is 0. The molecule has 0 fully saturated rings. The number of hydrogen-bond acceptors (Lipinski definition) is 0. The smallest absolute Gasteiger partial charge is 0.172 e. The number of halogens is 3. The Balaban J connectivity index is 0. The fourth-order valence-electron chi connectivity index (χ4n) is 0. The third-order valence-electron chi connectivity index (χ3n) is 0. The number of alkyl halides is 3. The maximum atomic E-state index is 10.4. The Hall–Kier alpha value is -0.470. The highest BCUT2D eigenvalue weighted by Gasteiger charge is 2.15. The Bertz CT molecular complexity index is 47.2. The summed E-state index contributed by atoms with van der Waals surface area (Å²) < 4.78 is 31.1. The van der Waals surface area contributed by atoms with Crippen LogP contribution in [0, 0.1) is 0 Å². The lowest BCUT2D eigenvalue weighted by atomic mass is 10.8. The van der Waals surface area contributed by atoms with Gasteiger partial charge in [0.05, 0.1) is 0 Å². The Morgan fingerprint density at radius 1 is 1.38 bits per heavy atom. The molecule has 8 heavy (non-hydrogen) atoms. The summed E-state index contributed by atoms with van der Waals surface area (Å²) in [5, 5.41) is 0. The molecule has 0 heterocycles. The summed E-state index contributed by atoms with van der Waals surface area (Å²) in [5.74, 6) is 0. The number of hydrogen-bond donors (Lipinski definition) is 0. The van der Waals surface area contributed by atoms with E-state index >= 15 is 0 Å². The molecule has 0 atom stereocenters. The Kier molecular flexibility index (Phi) is 6.15. The van der Waals surface area contributed by atoms with Gasteiger partial charge in [-0.2, -0.15) is 13.2 Å². The van der Waals surface area contributed by atoms with Crippen molar-refractivity contribution in [3.63, 3.8) is 0 Å². The van der Waals surface area contributed by atoms with Crippen molar-refractivity contribution in [2.75, 3.05) is 0 Å². The predicted molar refractivity (Wildman–Crippen MR) is 27.6 cm³/mol. The van der Waals surface area contributed by atoms with Gasteiger partial charge in [-0.15, -0.1) is 6.58 Å². The second-order valence-corrected chi connectivity index (χ2v) is 1.19. The molecule has 0 saturated heterocycles. The Morgan fingerprint density at radius 3 is 1.38 bits per heavy atom. The highest BCUT2D eigenvalue weighted by molar-refractivity contribution is 4.51. The molecule has 0 saturated carbocycles. The molecular formula is C5H9F3. The molecule has 0 unspecified atom stereocenters. The third kappa shape index (κ3) is 514. The van der Waals surface area contributed by atoms with Crippen molar-refractivity contribution in [1.29, 1.82) is 0 Å². The average molecular weight is 126 g/mol. The monoisotopic (exact) mass is 126 g/mol. The van der Waals surface area contributed by atoms with Crippen LogP contribution in [0.4, 0.5) is 13.2 Å². The number of rotatable bonds is 0. The van der Waals surface area contributed by atoms with Gasteiger partial charge in [0.15, 0.2) is 0 Å². The van der Waals surface area contributed by atoms with E-state index in [-0.39, 0.29) is 6.92 Å². The molecule has 0 rings (SSSR count). The van der Waals surface area contributed by atoms with Crippen LogP contribution < -0.4 is 0 Å². The van der Waals surface area contributed by atoms with Crippen LogP contribution >= 0.6 is 0 Å². The minimum Gasteiger partial charge on any atom is -0.172 e. The van der Waals surface area contributed by atoms with E-state index < -0.39 is 6.18 Å². The molecule has 0 aliphatic rings. The van der Waals surface area contributed by atoms with Crippen molar-refractivity contribution in [1.82, 2.24) is 0 Å². The summed E-state index contributed by atoms with van der Waals surface area (Å²) in [7, 11) is 0. The SMILES string of the molecule is C=CC.CC(F)(F)F. The molecule has 3 heteroatoms. The summed E-state index contributed by atoms with van der Waals surface area (Å²) in [5.41, 5.74) is 0. The van der Waals surface area contributed by atoms with Gasteiger partial charge < -0.3 is 0 Å². The summed E-state index contributed by atoms with van der Waals surface area (Å²) in [4.78, 5) is 0. The van der Waals surface area contributed by atoms with E-state index in [0.717, 1.165) is 0 Å². The van der Waals surface area contributed by atoms with Gasteiger partial charge in [0.2, 0.25) is 0 Å². The van der Waals surface area contributed by atoms with Crippen molar-refractivity contribution in [2.45, 2.75) is 20.0 Å². The van der Waals surface area contributed by atoms with Gasteiger partial charge in [-0.05, 0) is 6.92 Å². The fourth-order valence-corrected chi connectivity index (χ4v) is 0. The Labute approximate surface area is 47.0 Å². The van der Waals surface area contributed by atoms with Gasteiger partial charge >= 0.3 is 6.18 Å². The predicted octanol–water partition coefficient (Wildman–Crippen LogP) is 2.76. The first-order valence-corrected chi connectivity index (χ1v) is 2.05. The molecule has 0 aromatic heterocycles. The van der Waals surface area contributed by atoms with Crippen molar-refractivity contribution in [3.05, 3.63) is 12.7 Å². The van der Waals surface area contributed by atoms with E-state index in [9.17, 15) is 13.2 Å². The molecule has 0 amide bonds.